The predicted octanol–water partition coefficient (Wildman–Crippen LogP) is 2.07. The van der Waals surface area contributed by atoms with Crippen molar-refractivity contribution in [3.63, 3.8) is 0 Å². The smallest absolute Gasteiger partial charge is 0.255 e. The summed E-state index contributed by atoms with van der Waals surface area (Å²) in [5.74, 6) is 1.19. The molecule has 0 unspecified atom stereocenters. The molecule has 13 heteroatoms. The third kappa shape index (κ3) is 10.2. The average molecular weight is 601 g/mol. The molecule has 0 fully saturated rings. The normalized spacial score (nSPS) is 10.8. The Bertz CT molecular complexity index is 1410. The van der Waals surface area contributed by atoms with Gasteiger partial charge in [0, 0.05) is 85.6 Å². The van der Waals surface area contributed by atoms with E-state index in [1.165, 1.54) is 13.8 Å². The number of thiophene rings is 1. The first-order valence-electron chi connectivity index (χ1n) is 13.7. The van der Waals surface area contributed by atoms with E-state index in [9.17, 15) is 14.4 Å². The number of aryl methyl sites for hydroxylation is 1. The molecular weight excluding hydrogens is 560 g/mol. The van der Waals surface area contributed by atoms with Crippen LogP contribution in [0.5, 0.6) is 17.6 Å². The van der Waals surface area contributed by atoms with Crippen LogP contribution in [0.1, 0.15) is 45.9 Å². The zero-order valence-corrected chi connectivity index (χ0v) is 25.6. The second kappa shape index (κ2) is 16.5. The van der Waals surface area contributed by atoms with Crippen LogP contribution in [0.3, 0.4) is 0 Å². The van der Waals surface area contributed by atoms with E-state index < -0.39 is 0 Å². The van der Waals surface area contributed by atoms with E-state index >= 15 is 0 Å². The molecule has 0 aromatic carbocycles. The van der Waals surface area contributed by atoms with Crippen molar-refractivity contribution in [2.24, 2.45) is 0 Å². The lowest BCUT2D eigenvalue weighted by atomic mass is 10.1. The van der Waals surface area contributed by atoms with Gasteiger partial charge in [0.2, 0.25) is 23.6 Å². The second-order valence-electron chi connectivity index (χ2n) is 9.58. The van der Waals surface area contributed by atoms with Gasteiger partial charge in [-0.05, 0) is 37.6 Å². The summed E-state index contributed by atoms with van der Waals surface area (Å²) >= 11 is 1.63. The van der Waals surface area contributed by atoms with Gasteiger partial charge in [-0.25, -0.2) is 0 Å². The summed E-state index contributed by atoms with van der Waals surface area (Å²) in [6.07, 6.45) is 0. The fourth-order valence-corrected chi connectivity index (χ4v) is 5.14. The van der Waals surface area contributed by atoms with Crippen molar-refractivity contribution < 1.29 is 23.8 Å². The molecule has 3 heterocycles. The van der Waals surface area contributed by atoms with Gasteiger partial charge in [0.15, 0.2) is 5.88 Å². The molecular formula is C29H40N6O6S. The highest BCUT2D eigenvalue weighted by Crippen LogP contribution is 2.30. The first-order valence-corrected chi connectivity index (χ1v) is 14.5. The van der Waals surface area contributed by atoms with Crippen LogP contribution in [0.25, 0.3) is 0 Å². The number of aromatic amines is 1. The molecule has 0 aliphatic carbocycles. The van der Waals surface area contributed by atoms with Gasteiger partial charge in [0.05, 0.1) is 7.11 Å². The number of pyridine rings is 2. The Hall–Kier alpha value is -3.94. The van der Waals surface area contributed by atoms with Crippen molar-refractivity contribution >= 4 is 23.2 Å². The van der Waals surface area contributed by atoms with Crippen LogP contribution in [-0.4, -0.2) is 55.1 Å². The standard InChI is InChI=1S/C29H40N6O6S/c1-18-24(16-40-27-9-7-23(29(35-27)39-5)15-31-11-13-33-21(4)37)19(2)42-25(18)17-41-26-8-6-22(28(38)34-26)14-30-10-12-32-20(3)36/h6-9,30-31H,10-17H2,1-5H3,(H,32,36)(H,33,37)(H,34,38). The lowest BCUT2D eigenvalue weighted by molar-refractivity contribution is -0.119. The molecule has 0 saturated carbocycles. The Morgan fingerprint density at radius 3 is 2.14 bits per heavy atom. The van der Waals surface area contributed by atoms with Gasteiger partial charge in [0.1, 0.15) is 13.2 Å². The second-order valence-corrected chi connectivity index (χ2v) is 10.9. The number of aromatic nitrogens is 2. The zero-order valence-electron chi connectivity index (χ0n) is 24.8. The molecule has 0 atom stereocenters. The molecule has 0 bridgehead atoms. The van der Waals surface area contributed by atoms with Crippen LogP contribution in [-0.2, 0) is 35.9 Å². The molecule has 0 aliphatic rings. The van der Waals surface area contributed by atoms with Crippen molar-refractivity contribution in [3.05, 3.63) is 66.6 Å². The first-order chi connectivity index (χ1) is 20.2. The topological polar surface area (TPSA) is 156 Å². The molecule has 12 nitrogen and oxygen atoms in total. The predicted molar refractivity (Wildman–Crippen MR) is 161 cm³/mol. The molecule has 0 spiro atoms. The highest BCUT2D eigenvalue weighted by Gasteiger charge is 2.15. The summed E-state index contributed by atoms with van der Waals surface area (Å²) in [5, 5.41) is 11.8. The van der Waals surface area contributed by atoms with Crippen molar-refractivity contribution in [2.75, 3.05) is 33.3 Å². The summed E-state index contributed by atoms with van der Waals surface area (Å²) in [4.78, 5) is 43.8. The number of H-pyrrole nitrogens is 1. The number of nitrogens with one attached hydrogen (secondary N) is 5. The summed E-state index contributed by atoms with van der Waals surface area (Å²) < 4.78 is 17.4. The Morgan fingerprint density at radius 1 is 0.881 bits per heavy atom. The molecule has 0 radical (unpaired) electrons. The van der Waals surface area contributed by atoms with E-state index in [2.05, 4.69) is 31.2 Å². The number of ether oxygens (including phenoxy) is 3. The third-order valence-corrected chi connectivity index (χ3v) is 7.57. The summed E-state index contributed by atoms with van der Waals surface area (Å²) in [6.45, 7) is 10.9. The zero-order chi connectivity index (χ0) is 30.5. The molecule has 0 aliphatic heterocycles. The average Bonchev–Trinajstić information content (AvgIpc) is 3.22. The highest BCUT2D eigenvalue weighted by molar-refractivity contribution is 7.12. The Kier molecular flexibility index (Phi) is 12.8. The largest absolute Gasteiger partial charge is 0.481 e. The maximum atomic E-state index is 12.4. The fourth-order valence-electron chi connectivity index (χ4n) is 4.05. The van der Waals surface area contributed by atoms with E-state index in [1.807, 2.05) is 26.0 Å². The third-order valence-electron chi connectivity index (χ3n) is 6.35. The van der Waals surface area contributed by atoms with Gasteiger partial charge in [-0.3, -0.25) is 19.4 Å². The highest BCUT2D eigenvalue weighted by atomic mass is 32.1. The molecule has 42 heavy (non-hydrogen) atoms. The maximum Gasteiger partial charge on any atom is 0.255 e. The van der Waals surface area contributed by atoms with Crippen molar-refractivity contribution in [1.82, 2.24) is 31.2 Å². The van der Waals surface area contributed by atoms with E-state index in [0.29, 0.717) is 75.7 Å². The van der Waals surface area contributed by atoms with Gasteiger partial charge in [-0.2, -0.15) is 4.98 Å². The lowest BCUT2D eigenvalue weighted by Gasteiger charge is -2.12. The number of nitrogens with zero attached hydrogens (tertiary/aromatic N) is 1. The maximum absolute atomic E-state index is 12.4. The van der Waals surface area contributed by atoms with Crippen LogP contribution in [0.15, 0.2) is 29.1 Å². The van der Waals surface area contributed by atoms with Gasteiger partial charge >= 0.3 is 0 Å². The molecule has 3 rings (SSSR count). The number of hydrogen-bond donors (Lipinski definition) is 5. The summed E-state index contributed by atoms with van der Waals surface area (Å²) in [7, 11) is 1.57. The number of rotatable bonds is 17. The SMILES string of the molecule is COc1nc(OCc2c(C)sc(COc3ccc(CNCCNC(C)=O)c(=O)[nH]3)c2C)ccc1CNCCNC(C)=O. The van der Waals surface area contributed by atoms with Crippen LogP contribution < -0.4 is 41.0 Å². The minimum absolute atomic E-state index is 0.0585. The van der Waals surface area contributed by atoms with Crippen LogP contribution in [0.4, 0.5) is 0 Å². The summed E-state index contributed by atoms with van der Waals surface area (Å²) in [5.41, 5.74) is 3.40. The quantitative estimate of drug-likeness (QED) is 0.146. The first kappa shape index (κ1) is 32.6. The monoisotopic (exact) mass is 600 g/mol. The van der Waals surface area contributed by atoms with Gasteiger partial charge in [-0.1, -0.05) is 0 Å². The molecule has 5 N–H and O–H groups in total. The molecule has 0 saturated heterocycles. The number of carbonyl (C=O) groups excluding carboxylic acids is 2. The minimum Gasteiger partial charge on any atom is -0.481 e. The number of amides is 2. The van der Waals surface area contributed by atoms with Crippen LogP contribution in [0.2, 0.25) is 0 Å². The number of carbonyl (C=O) groups is 2. The molecule has 3 aromatic rings. The van der Waals surface area contributed by atoms with Crippen molar-refractivity contribution in [2.45, 2.75) is 54.0 Å². The molecule has 2 amide bonds. The number of hydrogen-bond acceptors (Lipinski definition) is 10. The van der Waals surface area contributed by atoms with E-state index in [1.54, 1.807) is 30.6 Å². The lowest BCUT2D eigenvalue weighted by Crippen LogP contribution is -2.31. The number of methoxy groups -OCH3 is 1. The molecule has 228 valence electrons. The van der Waals surface area contributed by atoms with Crippen LogP contribution >= 0.6 is 11.3 Å². The minimum atomic E-state index is -0.220. The Labute approximate surface area is 249 Å². The molecule has 3 aromatic heterocycles. The van der Waals surface area contributed by atoms with Crippen molar-refractivity contribution in [3.8, 4) is 17.6 Å². The Morgan fingerprint density at radius 2 is 1.52 bits per heavy atom. The van der Waals surface area contributed by atoms with E-state index in [4.69, 9.17) is 14.2 Å². The van der Waals surface area contributed by atoms with Crippen LogP contribution in [0, 0.1) is 13.8 Å². The summed E-state index contributed by atoms with van der Waals surface area (Å²) in [6, 6.07) is 7.20. The van der Waals surface area contributed by atoms with Gasteiger partial charge < -0.3 is 35.5 Å². The van der Waals surface area contributed by atoms with Gasteiger partial charge in [-0.15, -0.1) is 11.3 Å². The van der Waals surface area contributed by atoms with E-state index in [-0.39, 0.29) is 17.4 Å². The van der Waals surface area contributed by atoms with E-state index in [0.717, 1.165) is 26.4 Å². The van der Waals surface area contributed by atoms with Crippen molar-refractivity contribution in [1.29, 1.82) is 0 Å². The Balaban J connectivity index is 1.52. The van der Waals surface area contributed by atoms with Gasteiger partial charge in [0.25, 0.3) is 5.56 Å². The fraction of sp³-hybridized carbons (Fsp3) is 0.448.